The van der Waals surface area contributed by atoms with Crippen molar-refractivity contribution in [2.24, 2.45) is 0 Å². The van der Waals surface area contributed by atoms with E-state index in [-0.39, 0.29) is 11.6 Å². The zero-order chi connectivity index (χ0) is 25.6. The molecule has 1 aromatic heterocycles. The fraction of sp³-hybridized carbons (Fsp3) is 0.320. The number of hydrogen-bond donors (Lipinski definition) is 3. The number of hydrogen-bond acceptors (Lipinski definition) is 7. The molecule has 3 aromatic rings. The number of carbonyl (C=O) groups is 2. The third kappa shape index (κ3) is 7.79. The maximum Gasteiger partial charge on any atom is 0.411 e. The molecule has 0 aliphatic rings. The number of nitrogens with one attached hydrogen (secondary N) is 3. The molecular formula is C25H30N4O4S2. The summed E-state index contributed by atoms with van der Waals surface area (Å²) < 4.78 is 21.4. The highest BCUT2D eigenvalue weighted by Crippen LogP contribution is 2.36. The van der Waals surface area contributed by atoms with Crippen molar-refractivity contribution >= 4 is 40.9 Å². The van der Waals surface area contributed by atoms with Gasteiger partial charge in [-0.3, -0.25) is 10.1 Å². The second-order valence-corrected chi connectivity index (χ2v) is 11.3. The highest BCUT2D eigenvalue weighted by molar-refractivity contribution is 7.89. The van der Waals surface area contributed by atoms with Crippen LogP contribution in [-0.4, -0.2) is 33.7 Å². The molecule has 3 N–H and O–H groups in total. The zero-order valence-corrected chi connectivity index (χ0v) is 22.0. The normalized spacial score (nSPS) is 12.3. The Bertz CT molecular complexity index is 1160. The summed E-state index contributed by atoms with van der Waals surface area (Å²) in [7, 11) is 0. The van der Waals surface area contributed by atoms with E-state index < -0.39 is 17.5 Å². The van der Waals surface area contributed by atoms with Gasteiger partial charge < -0.3 is 14.6 Å². The van der Waals surface area contributed by atoms with Crippen molar-refractivity contribution in [3.8, 4) is 21.0 Å². The molecule has 1 heterocycles. The van der Waals surface area contributed by atoms with E-state index >= 15 is 0 Å². The molecule has 10 heteroatoms. The first-order valence-electron chi connectivity index (χ1n) is 11.1. The van der Waals surface area contributed by atoms with Gasteiger partial charge in [0.2, 0.25) is 6.41 Å². The van der Waals surface area contributed by atoms with Crippen LogP contribution in [0.2, 0.25) is 0 Å². The largest absolute Gasteiger partial charge is 0.593 e. The van der Waals surface area contributed by atoms with Gasteiger partial charge in [-0.25, -0.2) is 9.78 Å². The topological polar surface area (TPSA) is 115 Å². The summed E-state index contributed by atoms with van der Waals surface area (Å²) in [5.41, 5.74) is 2.83. The zero-order valence-electron chi connectivity index (χ0n) is 20.4. The average Bonchev–Trinajstić information content (AvgIpc) is 3.26. The maximum absolute atomic E-state index is 13.2. The van der Waals surface area contributed by atoms with Gasteiger partial charge in [0.15, 0.2) is 4.90 Å². The molecule has 8 nitrogen and oxygen atoms in total. The van der Waals surface area contributed by atoms with Crippen LogP contribution in [0.4, 0.5) is 10.5 Å². The molecule has 2 amide bonds. The first-order chi connectivity index (χ1) is 16.6. The number of anilines is 1. The van der Waals surface area contributed by atoms with Crippen molar-refractivity contribution in [2.75, 3.05) is 5.32 Å². The molecule has 0 bridgehead atoms. The number of thiazole rings is 1. The summed E-state index contributed by atoms with van der Waals surface area (Å²) in [6.45, 7) is 9.79. The number of carbonyl (C=O) groups excluding carboxylic acids is 2. The maximum atomic E-state index is 13.2. The third-order valence-corrected chi connectivity index (χ3v) is 7.14. The van der Waals surface area contributed by atoms with Crippen molar-refractivity contribution in [1.29, 1.82) is 0 Å². The monoisotopic (exact) mass is 514 g/mol. The quantitative estimate of drug-likeness (QED) is 0.271. The number of rotatable bonds is 9. The van der Waals surface area contributed by atoms with E-state index in [1.165, 1.54) is 11.3 Å². The van der Waals surface area contributed by atoms with E-state index in [1.807, 2.05) is 51.1 Å². The van der Waals surface area contributed by atoms with Crippen molar-refractivity contribution in [1.82, 2.24) is 15.0 Å². The van der Waals surface area contributed by atoms with E-state index in [4.69, 9.17) is 4.74 Å². The lowest BCUT2D eigenvalue weighted by Crippen LogP contribution is -2.40. The van der Waals surface area contributed by atoms with Crippen LogP contribution in [0.25, 0.3) is 21.0 Å². The number of ether oxygens (including phenoxy) is 1. The number of benzene rings is 2. The predicted molar refractivity (Wildman–Crippen MR) is 140 cm³/mol. The van der Waals surface area contributed by atoms with Crippen molar-refractivity contribution in [2.45, 2.75) is 57.7 Å². The molecule has 3 rings (SSSR count). The highest BCUT2D eigenvalue weighted by Gasteiger charge is 2.25. The van der Waals surface area contributed by atoms with Gasteiger partial charge in [0.05, 0.1) is 33.4 Å². The molecule has 0 aliphatic carbocycles. The molecular weight excluding hydrogens is 484 g/mol. The van der Waals surface area contributed by atoms with E-state index in [0.29, 0.717) is 23.5 Å². The molecule has 186 valence electrons. The Hall–Kier alpha value is -2.92. The molecule has 0 radical (unpaired) electrons. The second-order valence-electron chi connectivity index (χ2n) is 9.14. The Morgan fingerprint density at radius 3 is 2.54 bits per heavy atom. The van der Waals surface area contributed by atoms with E-state index in [0.717, 1.165) is 26.6 Å². The van der Waals surface area contributed by atoms with Gasteiger partial charge in [0, 0.05) is 30.1 Å². The molecule has 0 saturated heterocycles. The van der Waals surface area contributed by atoms with Gasteiger partial charge in [-0.2, -0.15) is 0 Å². The predicted octanol–water partition coefficient (Wildman–Crippen LogP) is 5.09. The Morgan fingerprint density at radius 1 is 1.20 bits per heavy atom. The molecule has 0 aliphatic heterocycles. The minimum atomic E-state index is -1.47. The first-order valence-corrected chi connectivity index (χ1v) is 13.1. The molecule has 0 fully saturated rings. The van der Waals surface area contributed by atoms with Gasteiger partial charge in [0.1, 0.15) is 5.01 Å². The van der Waals surface area contributed by atoms with Crippen molar-refractivity contribution < 1.29 is 18.9 Å². The Kier molecular flexibility index (Phi) is 8.90. The van der Waals surface area contributed by atoms with Crippen molar-refractivity contribution in [3.05, 3.63) is 54.2 Å². The summed E-state index contributed by atoms with van der Waals surface area (Å²) in [4.78, 5) is 28.6. The number of nitrogens with zero attached hydrogens (tertiary/aromatic N) is 1. The summed E-state index contributed by atoms with van der Waals surface area (Å²) in [6, 6.07) is 13.0. The van der Waals surface area contributed by atoms with E-state index in [1.54, 1.807) is 32.2 Å². The first kappa shape index (κ1) is 26.7. The molecule has 35 heavy (non-hydrogen) atoms. The van der Waals surface area contributed by atoms with Crippen LogP contribution in [0, 0.1) is 0 Å². The minimum absolute atomic E-state index is 0.198. The third-order valence-electron chi connectivity index (χ3n) is 4.53. The lowest BCUT2D eigenvalue weighted by molar-refractivity contribution is -0.109. The second kappa shape index (κ2) is 11.7. The van der Waals surface area contributed by atoms with Crippen LogP contribution < -0.4 is 15.4 Å². The van der Waals surface area contributed by atoms with E-state index in [9.17, 15) is 14.1 Å². The highest BCUT2D eigenvalue weighted by atomic mass is 32.2. The molecule has 0 spiro atoms. The lowest BCUT2D eigenvalue weighted by atomic mass is 10.1. The summed E-state index contributed by atoms with van der Waals surface area (Å²) >= 11 is 0.0147. The van der Waals surface area contributed by atoms with Crippen molar-refractivity contribution in [3.63, 3.8) is 0 Å². The molecule has 1 atom stereocenters. The summed E-state index contributed by atoms with van der Waals surface area (Å²) in [5, 5.41) is 6.14. The van der Waals surface area contributed by atoms with Crippen LogP contribution in [0.1, 0.15) is 40.2 Å². The summed E-state index contributed by atoms with van der Waals surface area (Å²) in [5.74, 6) is 0. The van der Waals surface area contributed by atoms with Crippen LogP contribution in [-0.2, 0) is 27.4 Å². The molecule has 0 saturated carbocycles. The fourth-order valence-electron chi connectivity index (χ4n) is 3.12. The Balaban J connectivity index is 1.86. The average molecular weight is 515 g/mol. The SMILES string of the molecule is CC(C)OC(=O)Nc1ccc(-c2ncc(-c3ccc(CNC=O)cc3[S+]([O-])NC(C)(C)C)s2)cc1. The lowest BCUT2D eigenvalue weighted by Gasteiger charge is -2.23. The van der Waals surface area contributed by atoms with Gasteiger partial charge in [-0.15, -0.1) is 16.1 Å². The van der Waals surface area contributed by atoms with Gasteiger partial charge in [-0.1, -0.05) is 6.07 Å². The minimum Gasteiger partial charge on any atom is -0.593 e. The molecule has 2 aromatic carbocycles. The summed E-state index contributed by atoms with van der Waals surface area (Å²) in [6.07, 6.45) is 1.71. The smallest absolute Gasteiger partial charge is 0.411 e. The Labute approximate surface area is 212 Å². The number of amides is 2. The van der Waals surface area contributed by atoms with Crippen LogP contribution in [0.15, 0.2) is 53.6 Å². The van der Waals surface area contributed by atoms with Crippen LogP contribution in [0.5, 0.6) is 0 Å². The van der Waals surface area contributed by atoms with Crippen LogP contribution >= 0.6 is 11.3 Å². The molecule has 1 unspecified atom stereocenters. The van der Waals surface area contributed by atoms with Gasteiger partial charge in [-0.05, 0) is 70.5 Å². The van der Waals surface area contributed by atoms with Crippen LogP contribution in [0.3, 0.4) is 0 Å². The standard InChI is InChI=1S/C25H30N4O4S2/c1-16(2)33-24(31)28-19-9-7-18(8-10-19)23-27-14-21(34-23)20-11-6-17(13-26-15-30)12-22(20)35(32)29-25(3,4)5/h6-12,14-16,29H,13H2,1-5H3,(H,26,30)(H,28,31). The van der Waals surface area contributed by atoms with Gasteiger partial charge in [0.25, 0.3) is 0 Å². The number of aromatic nitrogens is 1. The van der Waals surface area contributed by atoms with E-state index in [2.05, 4.69) is 20.3 Å². The Morgan fingerprint density at radius 2 is 1.91 bits per heavy atom. The fourth-order valence-corrected chi connectivity index (χ4v) is 5.44. The van der Waals surface area contributed by atoms with Gasteiger partial charge >= 0.3 is 6.09 Å².